The van der Waals surface area contributed by atoms with Gasteiger partial charge in [0, 0.05) is 5.56 Å². The van der Waals surface area contributed by atoms with Crippen LogP contribution in [-0.2, 0) is 39.4 Å². The first-order valence-corrected chi connectivity index (χ1v) is 9.01. The minimum absolute atomic E-state index is 0.161. The molecule has 0 saturated carbocycles. The molecule has 8 nitrogen and oxygen atoms in total. The van der Waals surface area contributed by atoms with Crippen LogP contribution in [0.15, 0.2) is 41.2 Å². The molecule has 0 unspecified atom stereocenters. The maximum Gasteiger partial charge on any atom is 0.240 e. The molecule has 1 heterocycles. The Morgan fingerprint density at radius 1 is 1.41 bits per heavy atom. The van der Waals surface area contributed by atoms with Gasteiger partial charge in [-0.3, -0.25) is 11.4 Å². The van der Waals surface area contributed by atoms with Gasteiger partial charge in [-0.25, -0.2) is 4.39 Å². The number of nitrogens with zero attached hydrogens (tertiary/aromatic N) is 1. The molecule has 0 aromatic heterocycles. The monoisotopic (exact) mass is 445 g/mol. The van der Waals surface area contributed by atoms with Crippen LogP contribution in [0, 0.1) is 6.58 Å². The number of halogens is 1. The molecule has 2 amide bonds. The van der Waals surface area contributed by atoms with Gasteiger partial charge in [0.2, 0.25) is 5.91 Å². The van der Waals surface area contributed by atoms with Crippen LogP contribution in [0.4, 0.5) is 4.39 Å². The second-order valence-electron chi connectivity index (χ2n) is 5.37. The largest absolute Gasteiger partial charge is 0.397 e. The van der Waals surface area contributed by atoms with Crippen molar-refractivity contribution in [1.82, 2.24) is 5.32 Å². The van der Waals surface area contributed by atoms with Gasteiger partial charge < -0.3 is 15.1 Å². The van der Waals surface area contributed by atoms with E-state index in [0.717, 1.165) is 12.8 Å². The van der Waals surface area contributed by atoms with E-state index >= 15 is 0 Å². The quantitative estimate of drug-likeness (QED) is 0.225. The van der Waals surface area contributed by atoms with Gasteiger partial charge in [-0.05, 0) is 23.8 Å². The standard InChI is InChI=1S/C11H7FN2O2.C8H12O4.Mn/c1-8(12)10(13-7-15)14-11(16)9-5-3-2-4-6-9;1-2-3-7(9)12-6-8-10-4-5-11-8;/h1-6H,(H,13,14,15,16);8H,2-4,6H2,1H3;/q-2;;/t;8-;/m.0./s1. The number of aliphatic imine (C=N–C) groups is 1. The van der Waals surface area contributed by atoms with Crippen molar-refractivity contribution < 1.29 is 48.6 Å². The number of rotatable bonds is 7. The minimum Gasteiger partial charge on any atom is -0.397 e. The number of amides is 2. The normalized spacial score (nSPS) is 15.7. The van der Waals surface area contributed by atoms with Crippen LogP contribution in [0.5, 0.6) is 0 Å². The summed E-state index contributed by atoms with van der Waals surface area (Å²) in [4.78, 5) is 35.3. The molecule has 1 aromatic carbocycles. The summed E-state index contributed by atoms with van der Waals surface area (Å²) in [5.74, 6) is -2.73. The van der Waals surface area contributed by atoms with E-state index in [9.17, 15) is 18.8 Å². The van der Waals surface area contributed by atoms with Gasteiger partial charge in [0.25, 0.3) is 0 Å². The number of benzene rings is 1. The first-order valence-electron chi connectivity index (χ1n) is 8.42. The summed E-state index contributed by atoms with van der Waals surface area (Å²) in [5, 5.41) is 2.05. The Morgan fingerprint density at radius 2 is 2.10 bits per heavy atom. The maximum atomic E-state index is 12.6. The molecule has 1 aliphatic heterocycles. The second-order valence-corrected chi connectivity index (χ2v) is 6.02. The summed E-state index contributed by atoms with van der Waals surface area (Å²) < 4.78 is 28.4. The van der Waals surface area contributed by atoms with Crippen LogP contribution in [0.3, 0.4) is 0 Å². The van der Waals surface area contributed by atoms with Gasteiger partial charge in [-0.1, -0.05) is 18.2 Å². The molecule has 1 aliphatic rings. The van der Waals surface area contributed by atoms with Gasteiger partial charge in [-0.2, -0.15) is 0 Å². The topological polar surface area (TPSA) is 103 Å². The Labute approximate surface area is 175 Å². The van der Waals surface area contributed by atoms with Gasteiger partial charge in [-0.15, -0.1) is 0 Å². The van der Waals surface area contributed by atoms with Crippen LogP contribution in [0.1, 0.15) is 30.1 Å². The molecule has 0 bridgehead atoms. The van der Waals surface area contributed by atoms with Crippen molar-refractivity contribution in [3.8, 4) is 0 Å². The molecule has 29 heavy (non-hydrogen) atoms. The van der Waals surface area contributed by atoms with Gasteiger partial charge >= 0.3 is 84.4 Å². The molecule has 10 heteroatoms. The van der Waals surface area contributed by atoms with E-state index in [4.69, 9.17) is 20.8 Å². The maximum absolute atomic E-state index is 12.6. The fourth-order valence-corrected chi connectivity index (χ4v) is 2.10. The fourth-order valence-electron chi connectivity index (χ4n) is 1.84. The number of esters is 1. The minimum atomic E-state index is -1.26. The van der Waals surface area contributed by atoms with E-state index in [2.05, 4.69) is 20.6 Å². The predicted molar refractivity (Wildman–Crippen MR) is 97.7 cm³/mol. The molecule has 1 fully saturated rings. The first-order chi connectivity index (χ1) is 13.9. The molecular formula is C19H19FMnN2O6-2. The molecule has 1 atom stereocenters. The van der Waals surface area contributed by atoms with E-state index in [1.54, 1.807) is 18.2 Å². The second kappa shape index (κ2) is 13.6. The van der Waals surface area contributed by atoms with Crippen LogP contribution < -0.4 is 5.32 Å². The number of hydrogen-bond donors (Lipinski definition) is 1. The van der Waals surface area contributed by atoms with Gasteiger partial charge in [0.1, 0.15) is 0 Å². The third-order valence-electron chi connectivity index (χ3n) is 3.13. The van der Waals surface area contributed by atoms with Crippen LogP contribution in [0.2, 0.25) is 0 Å². The molecular weight excluding hydrogens is 426 g/mol. The van der Waals surface area contributed by atoms with Gasteiger partial charge in [0.05, 0.1) is 6.41 Å². The van der Waals surface area contributed by atoms with Crippen molar-refractivity contribution in [2.75, 3.05) is 13.2 Å². The van der Waals surface area contributed by atoms with Crippen molar-refractivity contribution in [3.63, 3.8) is 0 Å². The third-order valence-corrected chi connectivity index (χ3v) is 3.44. The zero-order valence-corrected chi connectivity index (χ0v) is 16.7. The number of hydrogen-bond acceptors (Lipinski definition) is 6. The molecule has 157 valence electrons. The van der Waals surface area contributed by atoms with E-state index in [1.165, 1.54) is 12.1 Å². The summed E-state index contributed by atoms with van der Waals surface area (Å²) >= 11 is 3.15. The summed E-state index contributed by atoms with van der Waals surface area (Å²) in [6, 6.07) is 8.04. The number of carbonyl (C=O) groups is 2. The Bertz CT molecular complexity index is 769. The van der Waals surface area contributed by atoms with Crippen LogP contribution in [-0.4, -0.2) is 48.2 Å². The van der Waals surface area contributed by atoms with E-state index < -0.39 is 23.9 Å². The summed E-state index contributed by atoms with van der Waals surface area (Å²) in [5.41, 5.74) is 0.294. The predicted octanol–water partition coefficient (Wildman–Crippen LogP) is 1.55. The van der Waals surface area contributed by atoms with Crippen molar-refractivity contribution in [2.24, 2.45) is 4.99 Å². The Hall–Kier alpha value is -2.52. The van der Waals surface area contributed by atoms with Gasteiger partial charge in [0.15, 0.2) is 0 Å². The molecule has 1 aromatic rings. The van der Waals surface area contributed by atoms with E-state index in [0.29, 0.717) is 23.2 Å². The van der Waals surface area contributed by atoms with Crippen LogP contribution >= 0.6 is 0 Å². The third kappa shape index (κ3) is 10.00. The van der Waals surface area contributed by atoms with E-state index in [-0.39, 0.29) is 12.6 Å². The molecule has 0 radical (unpaired) electrons. The zero-order valence-electron chi connectivity index (χ0n) is 15.5. The smallest absolute Gasteiger partial charge is 0.240 e. The van der Waals surface area contributed by atoms with Crippen molar-refractivity contribution >= 4 is 28.7 Å². The van der Waals surface area contributed by atoms with Crippen LogP contribution in [0.25, 0.3) is 0 Å². The number of nitrogens with one attached hydrogen (secondary N) is 1. The molecule has 1 N–H and O–H groups in total. The Kier molecular flexibility index (Phi) is 11.5. The zero-order chi connectivity index (χ0) is 21.6. The first kappa shape index (κ1) is 24.5. The summed E-state index contributed by atoms with van der Waals surface area (Å²) in [7, 11) is 0. The Morgan fingerprint density at radius 3 is 2.62 bits per heavy atom. The Balaban J connectivity index is 0.000000296. The number of amidine groups is 1. The average molecular weight is 445 g/mol. The van der Waals surface area contributed by atoms with Crippen molar-refractivity contribution in [3.05, 3.63) is 48.3 Å². The fraction of sp³-hybridized carbons (Fsp3) is 0.316. The average Bonchev–Trinajstić information content (AvgIpc) is 3.12. The molecule has 0 spiro atoms. The molecule has 1 saturated heterocycles. The summed E-state index contributed by atoms with van der Waals surface area (Å²) in [6.07, 6.45) is 1.87. The SMILES string of the molecule is CCCC(=O)OC[C@H]1OC[C](=[Mn])O1.[CH-]=C(F)C(=N[C-]=O)NC(=O)c1ccccc1. The summed E-state index contributed by atoms with van der Waals surface area (Å²) in [6.45, 7) is 7.27. The van der Waals surface area contributed by atoms with E-state index in [1.807, 2.05) is 12.2 Å². The molecule has 2 rings (SSSR count). The number of carbonyl (C=O) groups excluding carboxylic acids is 3. The van der Waals surface area contributed by atoms with Crippen molar-refractivity contribution in [2.45, 2.75) is 26.1 Å². The van der Waals surface area contributed by atoms with Crippen molar-refractivity contribution in [1.29, 1.82) is 0 Å². The number of ether oxygens (including phenoxy) is 3. The molecule has 0 aliphatic carbocycles.